The number of methoxy groups -OCH3 is 1. The minimum absolute atomic E-state index is 0.338. The third-order valence-electron chi connectivity index (χ3n) is 4.57. The lowest BCUT2D eigenvalue weighted by atomic mass is 10.1. The van der Waals surface area contributed by atoms with Gasteiger partial charge >= 0.3 is 0 Å². The number of hydrogen-bond donors (Lipinski definition) is 0. The molecular formula is C19H25N3O2. The van der Waals surface area contributed by atoms with Crippen LogP contribution in [0.3, 0.4) is 0 Å². The Morgan fingerprint density at radius 3 is 2.62 bits per heavy atom. The summed E-state index contributed by atoms with van der Waals surface area (Å²) in [6.07, 6.45) is 5.82. The summed E-state index contributed by atoms with van der Waals surface area (Å²) >= 11 is 0. The average Bonchev–Trinajstić information content (AvgIpc) is 2.63. The predicted molar refractivity (Wildman–Crippen MR) is 92.9 cm³/mol. The normalized spacial score (nSPS) is 16.2. The fraction of sp³-hybridized carbons (Fsp3) is 0.474. The van der Waals surface area contributed by atoms with Crippen molar-refractivity contribution in [1.82, 2.24) is 14.9 Å². The van der Waals surface area contributed by atoms with Crippen molar-refractivity contribution < 1.29 is 9.47 Å². The number of nitrogens with zero attached hydrogens (tertiary/aromatic N) is 3. The van der Waals surface area contributed by atoms with Gasteiger partial charge in [-0.15, -0.1) is 0 Å². The molecule has 1 aromatic heterocycles. The number of piperidine rings is 1. The summed E-state index contributed by atoms with van der Waals surface area (Å²) in [4.78, 5) is 11.0. The van der Waals surface area contributed by atoms with Gasteiger partial charge in [0.25, 0.3) is 0 Å². The van der Waals surface area contributed by atoms with Crippen molar-refractivity contribution in [2.45, 2.75) is 39.0 Å². The molecule has 2 aromatic rings. The number of likely N-dealkylation sites (tertiary alicyclic amines) is 1. The second-order valence-electron chi connectivity index (χ2n) is 6.23. The molecule has 2 heterocycles. The molecule has 5 nitrogen and oxygen atoms in total. The van der Waals surface area contributed by atoms with Crippen molar-refractivity contribution in [2.24, 2.45) is 0 Å². The molecule has 0 atom stereocenters. The van der Waals surface area contributed by atoms with Crippen molar-refractivity contribution >= 4 is 0 Å². The molecule has 1 fully saturated rings. The number of benzene rings is 1. The summed E-state index contributed by atoms with van der Waals surface area (Å²) in [6.45, 7) is 5.64. The summed E-state index contributed by atoms with van der Waals surface area (Å²) in [5.74, 6) is 0.621. The van der Waals surface area contributed by atoms with Gasteiger partial charge in [0.05, 0.1) is 19.8 Å². The lowest BCUT2D eigenvalue weighted by molar-refractivity contribution is -0.00445. The molecule has 0 aliphatic carbocycles. The van der Waals surface area contributed by atoms with Gasteiger partial charge in [-0.2, -0.15) is 0 Å². The van der Waals surface area contributed by atoms with E-state index in [1.165, 1.54) is 11.1 Å². The van der Waals surface area contributed by atoms with E-state index in [1.807, 2.05) is 0 Å². The van der Waals surface area contributed by atoms with E-state index in [4.69, 9.17) is 9.47 Å². The van der Waals surface area contributed by atoms with Crippen LogP contribution in [0.2, 0.25) is 0 Å². The molecule has 3 rings (SSSR count). The Bertz CT molecular complexity index is 655. The highest BCUT2D eigenvalue weighted by Gasteiger charge is 2.21. The maximum absolute atomic E-state index is 6.11. The second kappa shape index (κ2) is 8.22. The largest absolute Gasteiger partial charge is 0.480 e. The molecule has 1 aliphatic rings. The maximum Gasteiger partial charge on any atom is 0.236 e. The van der Waals surface area contributed by atoms with Crippen molar-refractivity contribution in [3.63, 3.8) is 0 Å². The number of rotatable bonds is 6. The Morgan fingerprint density at radius 1 is 1.12 bits per heavy atom. The highest BCUT2D eigenvalue weighted by molar-refractivity contribution is 5.24. The monoisotopic (exact) mass is 327 g/mol. The smallest absolute Gasteiger partial charge is 0.236 e. The highest BCUT2D eigenvalue weighted by Crippen LogP contribution is 2.20. The van der Waals surface area contributed by atoms with Crippen LogP contribution in [0.4, 0.5) is 0 Å². The minimum atomic E-state index is 0.338. The zero-order chi connectivity index (χ0) is 16.8. The van der Waals surface area contributed by atoms with Gasteiger partial charge in [0.1, 0.15) is 5.69 Å². The molecule has 128 valence electrons. The molecule has 5 heteroatoms. The Morgan fingerprint density at radius 2 is 1.88 bits per heavy atom. The van der Waals surface area contributed by atoms with Gasteiger partial charge in [0.15, 0.2) is 0 Å². The summed E-state index contributed by atoms with van der Waals surface area (Å²) in [6, 6.07) is 8.42. The lowest BCUT2D eigenvalue weighted by Gasteiger charge is -2.31. The van der Waals surface area contributed by atoms with Crippen LogP contribution in [-0.4, -0.2) is 41.2 Å². The molecule has 0 amide bonds. The maximum atomic E-state index is 6.11. The Hall–Kier alpha value is -1.98. The van der Waals surface area contributed by atoms with Gasteiger partial charge in [-0.3, -0.25) is 9.88 Å². The van der Waals surface area contributed by atoms with Gasteiger partial charge < -0.3 is 9.47 Å². The van der Waals surface area contributed by atoms with Crippen molar-refractivity contribution in [1.29, 1.82) is 0 Å². The van der Waals surface area contributed by atoms with Crippen LogP contribution in [0, 0.1) is 6.92 Å². The fourth-order valence-corrected chi connectivity index (χ4v) is 3.06. The first-order valence-corrected chi connectivity index (χ1v) is 8.48. The second-order valence-corrected chi connectivity index (χ2v) is 6.23. The standard InChI is InChI=1S/C19H25N3O2/c1-15-5-3-4-6-16(15)14-24-17-7-11-22(12-8-17)13-18-19(23-2)21-10-9-20-18/h3-6,9-10,17H,7-8,11-14H2,1-2H3. The van der Waals surface area contributed by atoms with E-state index < -0.39 is 0 Å². The van der Waals surface area contributed by atoms with Crippen molar-refractivity contribution in [3.05, 3.63) is 53.5 Å². The summed E-state index contributed by atoms with van der Waals surface area (Å²) in [5, 5.41) is 0. The van der Waals surface area contributed by atoms with Crippen LogP contribution in [0.5, 0.6) is 5.88 Å². The molecule has 0 N–H and O–H groups in total. The molecule has 0 unspecified atom stereocenters. The van der Waals surface area contributed by atoms with Gasteiger partial charge in [-0.1, -0.05) is 24.3 Å². The first kappa shape index (κ1) is 16.9. The SMILES string of the molecule is COc1nccnc1CN1CCC(OCc2ccccc2C)CC1. The van der Waals surface area contributed by atoms with E-state index in [9.17, 15) is 0 Å². The molecule has 0 spiro atoms. The number of aromatic nitrogens is 2. The van der Waals surface area contributed by atoms with Crippen LogP contribution in [0.15, 0.2) is 36.7 Å². The Balaban J connectivity index is 1.47. The van der Waals surface area contributed by atoms with E-state index in [1.54, 1.807) is 19.5 Å². The van der Waals surface area contributed by atoms with Gasteiger partial charge in [0.2, 0.25) is 5.88 Å². The summed E-state index contributed by atoms with van der Waals surface area (Å²) < 4.78 is 11.4. The van der Waals surface area contributed by atoms with Crippen molar-refractivity contribution in [3.8, 4) is 5.88 Å². The molecule has 1 aliphatic heterocycles. The third-order valence-corrected chi connectivity index (χ3v) is 4.57. The number of ether oxygens (including phenoxy) is 2. The number of hydrogen-bond acceptors (Lipinski definition) is 5. The Kier molecular flexibility index (Phi) is 5.77. The summed E-state index contributed by atoms with van der Waals surface area (Å²) in [7, 11) is 1.64. The molecular weight excluding hydrogens is 302 g/mol. The summed E-state index contributed by atoms with van der Waals surface area (Å²) in [5.41, 5.74) is 3.48. The molecule has 24 heavy (non-hydrogen) atoms. The number of aryl methyl sites for hydroxylation is 1. The van der Waals surface area contributed by atoms with Crippen LogP contribution in [0.1, 0.15) is 29.7 Å². The Labute approximate surface area is 143 Å². The van der Waals surface area contributed by atoms with E-state index in [0.29, 0.717) is 18.6 Å². The molecule has 0 radical (unpaired) electrons. The van der Waals surface area contributed by atoms with Gasteiger partial charge in [-0.25, -0.2) is 4.98 Å². The van der Waals surface area contributed by atoms with E-state index in [-0.39, 0.29) is 0 Å². The topological polar surface area (TPSA) is 47.5 Å². The zero-order valence-corrected chi connectivity index (χ0v) is 14.4. The third kappa shape index (κ3) is 4.30. The molecule has 1 aromatic carbocycles. The average molecular weight is 327 g/mol. The minimum Gasteiger partial charge on any atom is -0.480 e. The first-order chi connectivity index (χ1) is 11.8. The van der Waals surface area contributed by atoms with E-state index in [0.717, 1.165) is 38.2 Å². The van der Waals surface area contributed by atoms with Gasteiger partial charge in [-0.05, 0) is 30.9 Å². The van der Waals surface area contributed by atoms with Gasteiger partial charge in [0, 0.05) is 32.0 Å². The van der Waals surface area contributed by atoms with E-state index in [2.05, 4.69) is 46.1 Å². The van der Waals surface area contributed by atoms with Crippen LogP contribution in [-0.2, 0) is 17.9 Å². The lowest BCUT2D eigenvalue weighted by Crippen LogP contribution is -2.36. The first-order valence-electron chi connectivity index (χ1n) is 8.48. The van der Waals surface area contributed by atoms with Crippen molar-refractivity contribution in [2.75, 3.05) is 20.2 Å². The van der Waals surface area contributed by atoms with E-state index >= 15 is 0 Å². The zero-order valence-electron chi connectivity index (χ0n) is 14.4. The van der Waals surface area contributed by atoms with Crippen LogP contribution < -0.4 is 4.74 Å². The fourth-order valence-electron chi connectivity index (χ4n) is 3.06. The molecule has 0 saturated carbocycles. The quantitative estimate of drug-likeness (QED) is 0.816. The highest BCUT2D eigenvalue weighted by atomic mass is 16.5. The molecule has 0 bridgehead atoms. The van der Waals surface area contributed by atoms with Crippen LogP contribution in [0.25, 0.3) is 0 Å². The van der Waals surface area contributed by atoms with Crippen LogP contribution >= 0.6 is 0 Å². The molecule has 1 saturated heterocycles. The predicted octanol–water partition coefficient (Wildman–Crippen LogP) is 2.97.